The molecule has 96 valence electrons. The van der Waals surface area contributed by atoms with Gasteiger partial charge in [-0.2, -0.15) is 0 Å². The van der Waals surface area contributed by atoms with Crippen molar-refractivity contribution in [3.05, 3.63) is 29.6 Å². The summed E-state index contributed by atoms with van der Waals surface area (Å²) >= 11 is 0. The summed E-state index contributed by atoms with van der Waals surface area (Å²) in [6.45, 7) is 8.26. The molecule has 1 rings (SSSR count). The Bertz CT molecular complexity index is 351. The van der Waals surface area contributed by atoms with Gasteiger partial charge in [0, 0.05) is 11.7 Å². The zero-order chi connectivity index (χ0) is 13.1. The molecule has 0 saturated heterocycles. The topological polar surface area (TPSA) is 32.3 Å². The molecule has 0 fully saturated rings. The molecule has 0 heterocycles. The fourth-order valence-electron chi connectivity index (χ4n) is 1.96. The fraction of sp³-hybridized carbons (Fsp3) is 0.571. The Balaban J connectivity index is 2.73. The van der Waals surface area contributed by atoms with Crippen LogP contribution in [0.1, 0.15) is 32.8 Å². The Morgan fingerprint density at radius 1 is 1.29 bits per heavy atom. The van der Waals surface area contributed by atoms with Crippen molar-refractivity contribution >= 4 is 5.69 Å². The lowest BCUT2D eigenvalue weighted by Gasteiger charge is -2.26. The van der Waals surface area contributed by atoms with Crippen LogP contribution in [0.3, 0.4) is 0 Å². The van der Waals surface area contributed by atoms with Gasteiger partial charge in [0.05, 0.1) is 6.61 Å². The predicted octanol–water partition coefficient (Wildman–Crippen LogP) is 3.34. The number of aliphatic hydroxyl groups excluding tert-OH is 1. The lowest BCUT2D eigenvalue weighted by Crippen LogP contribution is -2.29. The number of hydrogen-bond acceptors (Lipinski definition) is 2. The monoisotopic (exact) mass is 239 g/mol. The van der Waals surface area contributed by atoms with E-state index in [1.54, 1.807) is 0 Å². The third kappa shape index (κ3) is 5.18. The van der Waals surface area contributed by atoms with Gasteiger partial charge in [0.2, 0.25) is 0 Å². The van der Waals surface area contributed by atoms with Crippen molar-refractivity contribution in [2.45, 2.75) is 40.2 Å². The molecule has 1 aromatic carbocycles. The summed E-state index contributed by atoms with van der Waals surface area (Å²) < 4.78 is 13.2. The molecule has 2 nitrogen and oxygen atoms in total. The minimum Gasteiger partial charge on any atom is -0.394 e. The molecule has 0 bridgehead atoms. The van der Waals surface area contributed by atoms with Crippen molar-refractivity contribution in [2.24, 2.45) is 5.41 Å². The average Bonchev–Trinajstić information content (AvgIpc) is 2.12. The SMILES string of the molecule is Cc1cc(F)cc(NC(CO)CC(C)(C)C)c1. The van der Waals surface area contributed by atoms with E-state index in [9.17, 15) is 9.50 Å². The van der Waals surface area contributed by atoms with Gasteiger partial charge in [-0.15, -0.1) is 0 Å². The number of aryl methyl sites for hydroxylation is 1. The van der Waals surface area contributed by atoms with E-state index in [0.717, 1.165) is 17.7 Å². The van der Waals surface area contributed by atoms with Gasteiger partial charge >= 0.3 is 0 Å². The minimum atomic E-state index is -0.250. The quantitative estimate of drug-likeness (QED) is 0.844. The zero-order valence-corrected chi connectivity index (χ0v) is 11.0. The molecule has 0 aliphatic carbocycles. The first-order valence-corrected chi connectivity index (χ1v) is 5.95. The first-order valence-electron chi connectivity index (χ1n) is 5.95. The van der Waals surface area contributed by atoms with E-state index < -0.39 is 0 Å². The van der Waals surface area contributed by atoms with Crippen LogP contribution >= 0.6 is 0 Å². The van der Waals surface area contributed by atoms with Crippen LogP contribution in [0.25, 0.3) is 0 Å². The molecule has 0 aliphatic rings. The highest BCUT2D eigenvalue weighted by Gasteiger charge is 2.18. The van der Waals surface area contributed by atoms with Gasteiger partial charge in [-0.1, -0.05) is 20.8 Å². The molecule has 0 amide bonds. The van der Waals surface area contributed by atoms with Crippen LogP contribution in [-0.4, -0.2) is 17.8 Å². The first kappa shape index (κ1) is 14.0. The van der Waals surface area contributed by atoms with Crippen LogP contribution in [0.15, 0.2) is 18.2 Å². The number of anilines is 1. The molecule has 1 unspecified atom stereocenters. The maximum absolute atomic E-state index is 13.2. The molecule has 1 aromatic rings. The van der Waals surface area contributed by atoms with Crippen molar-refractivity contribution in [2.75, 3.05) is 11.9 Å². The van der Waals surface area contributed by atoms with Gasteiger partial charge in [-0.3, -0.25) is 0 Å². The van der Waals surface area contributed by atoms with Crippen molar-refractivity contribution in [3.63, 3.8) is 0 Å². The third-order valence-corrected chi connectivity index (χ3v) is 2.49. The maximum atomic E-state index is 13.2. The second-order valence-electron chi connectivity index (χ2n) is 5.81. The highest BCUT2D eigenvalue weighted by atomic mass is 19.1. The van der Waals surface area contributed by atoms with E-state index >= 15 is 0 Å². The molecular formula is C14H22FNO. The van der Waals surface area contributed by atoms with Gasteiger partial charge < -0.3 is 10.4 Å². The van der Waals surface area contributed by atoms with Crippen molar-refractivity contribution in [1.29, 1.82) is 0 Å². The van der Waals surface area contributed by atoms with Gasteiger partial charge in [0.15, 0.2) is 0 Å². The number of aliphatic hydroxyl groups is 1. The van der Waals surface area contributed by atoms with E-state index in [-0.39, 0.29) is 23.9 Å². The summed E-state index contributed by atoms with van der Waals surface area (Å²) in [5, 5.41) is 12.5. The Kier molecular flexibility index (Phi) is 4.52. The Hall–Kier alpha value is -1.09. The van der Waals surface area contributed by atoms with Crippen molar-refractivity contribution in [3.8, 4) is 0 Å². The van der Waals surface area contributed by atoms with Crippen LogP contribution in [0.4, 0.5) is 10.1 Å². The summed E-state index contributed by atoms with van der Waals surface area (Å²) in [7, 11) is 0. The molecule has 1 atom stereocenters. The number of halogens is 1. The molecule has 2 N–H and O–H groups in total. The van der Waals surface area contributed by atoms with Crippen LogP contribution in [0, 0.1) is 18.2 Å². The molecule has 17 heavy (non-hydrogen) atoms. The fourth-order valence-corrected chi connectivity index (χ4v) is 1.96. The summed E-state index contributed by atoms with van der Waals surface area (Å²) in [6, 6.07) is 4.78. The van der Waals surface area contributed by atoms with Gasteiger partial charge in [0.25, 0.3) is 0 Å². The van der Waals surface area contributed by atoms with Crippen molar-refractivity contribution in [1.82, 2.24) is 0 Å². The Morgan fingerprint density at radius 3 is 2.41 bits per heavy atom. The first-order chi connectivity index (χ1) is 7.80. The van der Waals surface area contributed by atoms with Gasteiger partial charge in [-0.05, 0) is 42.5 Å². The van der Waals surface area contributed by atoms with E-state index in [4.69, 9.17) is 0 Å². The lowest BCUT2D eigenvalue weighted by atomic mass is 9.88. The molecule has 0 aromatic heterocycles. The lowest BCUT2D eigenvalue weighted by molar-refractivity contribution is 0.234. The molecule has 0 radical (unpaired) electrons. The average molecular weight is 239 g/mol. The molecule has 3 heteroatoms. The minimum absolute atomic E-state index is 0.0452. The van der Waals surface area contributed by atoms with Crippen LogP contribution in [0.2, 0.25) is 0 Å². The molecular weight excluding hydrogens is 217 g/mol. The summed E-state index contributed by atoms with van der Waals surface area (Å²) in [6.07, 6.45) is 0.832. The van der Waals surface area contributed by atoms with Gasteiger partial charge in [0.1, 0.15) is 5.82 Å². The van der Waals surface area contributed by atoms with E-state index in [0.29, 0.717) is 0 Å². The van der Waals surface area contributed by atoms with E-state index in [1.165, 1.54) is 12.1 Å². The third-order valence-electron chi connectivity index (χ3n) is 2.49. The smallest absolute Gasteiger partial charge is 0.125 e. The number of benzene rings is 1. The van der Waals surface area contributed by atoms with Crippen LogP contribution in [0.5, 0.6) is 0 Å². The van der Waals surface area contributed by atoms with Gasteiger partial charge in [-0.25, -0.2) is 4.39 Å². The van der Waals surface area contributed by atoms with Crippen LogP contribution in [-0.2, 0) is 0 Å². The summed E-state index contributed by atoms with van der Waals surface area (Å²) in [5.41, 5.74) is 1.73. The van der Waals surface area contributed by atoms with Crippen molar-refractivity contribution < 1.29 is 9.50 Å². The second-order valence-corrected chi connectivity index (χ2v) is 5.81. The standard InChI is InChI=1S/C14H22FNO/c1-10-5-11(15)7-12(6-10)16-13(9-17)8-14(2,3)4/h5-7,13,16-17H,8-9H2,1-4H3. The number of hydrogen-bond donors (Lipinski definition) is 2. The molecule has 0 saturated carbocycles. The van der Waals surface area contributed by atoms with Crippen LogP contribution < -0.4 is 5.32 Å². The largest absolute Gasteiger partial charge is 0.394 e. The summed E-state index contributed by atoms with van der Waals surface area (Å²) in [5.74, 6) is -0.250. The maximum Gasteiger partial charge on any atom is 0.125 e. The molecule has 0 spiro atoms. The highest BCUT2D eigenvalue weighted by Crippen LogP contribution is 2.23. The normalized spacial score (nSPS) is 13.5. The molecule has 0 aliphatic heterocycles. The summed E-state index contributed by atoms with van der Waals surface area (Å²) in [4.78, 5) is 0. The Morgan fingerprint density at radius 2 is 1.94 bits per heavy atom. The number of nitrogens with one attached hydrogen (secondary N) is 1. The number of rotatable bonds is 4. The van der Waals surface area contributed by atoms with E-state index in [2.05, 4.69) is 26.1 Å². The van der Waals surface area contributed by atoms with E-state index in [1.807, 2.05) is 13.0 Å². The Labute approximate surface area is 103 Å². The zero-order valence-electron chi connectivity index (χ0n) is 11.0. The highest BCUT2D eigenvalue weighted by molar-refractivity contribution is 5.46. The second kappa shape index (κ2) is 5.50. The predicted molar refractivity (Wildman–Crippen MR) is 69.7 cm³/mol.